The van der Waals surface area contributed by atoms with Crippen molar-refractivity contribution in [2.45, 2.75) is 25.9 Å². The van der Waals surface area contributed by atoms with Crippen LogP contribution in [0.4, 0.5) is 5.69 Å². The molecule has 0 saturated carbocycles. The Morgan fingerprint density at radius 2 is 2.35 bits per heavy atom. The van der Waals surface area contributed by atoms with Crippen LogP contribution in [0.3, 0.4) is 0 Å². The van der Waals surface area contributed by atoms with E-state index >= 15 is 0 Å². The molecule has 0 spiro atoms. The first-order chi connectivity index (χ1) is 10.9. The predicted molar refractivity (Wildman–Crippen MR) is 86.9 cm³/mol. The van der Waals surface area contributed by atoms with Gasteiger partial charge in [-0.3, -0.25) is 19.8 Å². The SMILES string of the molecule is C[C@@H](CNC(=O)c1c(Cl)cccc1[N+](=O)[O-])N1CCOC[C@@H]1C. The number of carbonyl (C=O) groups excluding carboxylic acids is 1. The molecule has 7 nitrogen and oxygen atoms in total. The molecule has 1 aromatic carbocycles. The summed E-state index contributed by atoms with van der Waals surface area (Å²) in [6.07, 6.45) is 0. The van der Waals surface area contributed by atoms with Crippen molar-refractivity contribution in [3.05, 3.63) is 38.9 Å². The second-order valence-electron chi connectivity index (χ2n) is 5.61. The van der Waals surface area contributed by atoms with Gasteiger partial charge in [-0.2, -0.15) is 0 Å². The van der Waals surface area contributed by atoms with Crippen LogP contribution in [0.1, 0.15) is 24.2 Å². The second kappa shape index (κ2) is 7.72. The molecule has 23 heavy (non-hydrogen) atoms. The van der Waals surface area contributed by atoms with Crippen LogP contribution in [0.25, 0.3) is 0 Å². The third-order valence-electron chi connectivity index (χ3n) is 3.96. The number of carbonyl (C=O) groups is 1. The van der Waals surface area contributed by atoms with E-state index in [0.29, 0.717) is 19.8 Å². The topological polar surface area (TPSA) is 84.7 Å². The van der Waals surface area contributed by atoms with Gasteiger partial charge in [0, 0.05) is 31.2 Å². The number of rotatable bonds is 5. The van der Waals surface area contributed by atoms with Gasteiger partial charge in [-0.25, -0.2) is 0 Å². The van der Waals surface area contributed by atoms with Crippen LogP contribution in [-0.4, -0.2) is 54.1 Å². The molecule has 2 atom stereocenters. The summed E-state index contributed by atoms with van der Waals surface area (Å²) < 4.78 is 5.39. The molecule has 0 bridgehead atoms. The van der Waals surface area contributed by atoms with Crippen molar-refractivity contribution in [1.29, 1.82) is 0 Å². The molecule has 1 amide bonds. The van der Waals surface area contributed by atoms with Crippen LogP contribution in [0.5, 0.6) is 0 Å². The highest BCUT2D eigenvalue weighted by molar-refractivity contribution is 6.34. The van der Waals surface area contributed by atoms with Gasteiger partial charge in [0.25, 0.3) is 11.6 Å². The summed E-state index contributed by atoms with van der Waals surface area (Å²) in [5, 5.41) is 13.9. The summed E-state index contributed by atoms with van der Waals surface area (Å²) in [5.41, 5.74) is -0.385. The van der Waals surface area contributed by atoms with E-state index in [0.717, 1.165) is 6.54 Å². The average molecular weight is 342 g/mol. The van der Waals surface area contributed by atoms with Crippen molar-refractivity contribution in [3.63, 3.8) is 0 Å². The van der Waals surface area contributed by atoms with Gasteiger partial charge in [0.15, 0.2) is 0 Å². The van der Waals surface area contributed by atoms with Crippen LogP contribution in [0.2, 0.25) is 5.02 Å². The minimum absolute atomic E-state index is 0.0732. The van der Waals surface area contributed by atoms with Crippen molar-refractivity contribution in [3.8, 4) is 0 Å². The van der Waals surface area contributed by atoms with Crippen LogP contribution >= 0.6 is 11.6 Å². The predicted octanol–water partition coefficient (Wildman–Crippen LogP) is 2.09. The smallest absolute Gasteiger partial charge is 0.283 e. The number of hydrogen-bond donors (Lipinski definition) is 1. The molecule has 1 aromatic rings. The van der Waals surface area contributed by atoms with E-state index in [1.54, 1.807) is 0 Å². The van der Waals surface area contributed by atoms with Crippen molar-refractivity contribution in [1.82, 2.24) is 10.2 Å². The molecule has 8 heteroatoms. The van der Waals surface area contributed by atoms with E-state index in [1.807, 2.05) is 6.92 Å². The number of hydrogen-bond acceptors (Lipinski definition) is 5. The Labute approximate surface area is 139 Å². The van der Waals surface area contributed by atoms with Crippen LogP contribution < -0.4 is 5.32 Å². The molecule has 1 saturated heterocycles. The Kier molecular flexibility index (Phi) is 5.92. The van der Waals surface area contributed by atoms with E-state index < -0.39 is 10.8 Å². The van der Waals surface area contributed by atoms with E-state index in [-0.39, 0.29) is 28.4 Å². The summed E-state index contributed by atoms with van der Waals surface area (Å²) >= 11 is 5.96. The Morgan fingerprint density at radius 3 is 3.00 bits per heavy atom. The molecule has 126 valence electrons. The summed E-state index contributed by atoms with van der Waals surface area (Å²) in [6, 6.07) is 4.56. The summed E-state index contributed by atoms with van der Waals surface area (Å²) in [7, 11) is 0. The van der Waals surface area contributed by atoms with Gasteiger partial charge in [-0.1, -0.05) is 17.7 Å². The van der Waals surface area contributed by atoms with E-state index in [4.69, 9.17) is 16.3 Å². The lowest BCUT2D eigenvalue weighted by Crippen LogP contribution is -2.51. The summed E-state index contributed by atoms with van der Waals surface area (Å²) in [4.78, 5) is 25.0. The van der Waals surface area contributed by atoms with Crippen molar-refractivity contribution >= 4 is 23.2 Å². The number of nitrogens with zero attached hydrogens (tertiary/aromatic N) is 2. The van der Waals surface area contributed by atoms with E-state index in [2.05, 4.69) is 17.1 Å². The molecule has 1 heterocycles. The molecular weight excluding hydrogens is 322 g/mol. The average Bonchev–Trinajstić information content (AvgIpc) is 2.52. The molecule has 0 unspecified atom stereocenters. The molecule has 1 aliphatic rings. The van der Waals surface area contributed by atoms with Crippen LogP contribution in [0.15, 0.2) is 18.2 Å². The van der Waals surface area contributed by atoms with Crippen LogP contribution in [-0.2, 0) is 4.74 Å². The minimum Gasteiger partial charge on any atom is -0.379 e. The Morgan fingerprint density at radius 1 is 1.61 bits per heavy atom. The standard InChI is InChI=1S/C15H20ClN3O4/c1-10(18-6-7-23-9-11(18)2)8-17-15(20)14-12(16)4-3-5-13(14)19(21)22/h3-5,10-11H,6-9H2,1-2H3,(H,17,20)/t10-,11-/m0/s1. The third-order valence-corrected chi connectivity index (χ3v) is 4.27. The van der Waals surface area contributed by atoms with Gasteiger partial charge in [0.2, 0.25) is 0 Å². The highest BCUT2D eigenvalue weighted by Crippen LogP contribution is 2.26. The highest BCUT2D eigenvalue weighted by atomic mass is 35.5. The van der Waals surface area contributed by atoms with Crippen molar-refractivity contribution in [2.75, 3.05) is 26.3 Å². The number of nitro benzene ring substituents is 1. The number of ether oxygens (including phenoxy) is 1. The number of benzene rings is 1. The first-order valence-corrected chi connectivity index (χ1v) is 7.84. The number of nitrogens with one attached hydrogen (secondary N) is 1. The summed E-state index contributed by atoms with van der Waals surface area (Å²) in [6.45, 7) is 6.57. The number of amides is 1. The van der Waals surface area contributed by atoms with Gasteiger partial charge in [0.1, 0.15) is 5.56 Å². The maximum atomic E-state index is 12.3. The first kappa shape index (κ1) is 17.7. The second-order valence-corrected chi connectivity index (χ2v) is 6.02. The Balaban J connectivity index is 2.04. The molecule has 1 fully saturated rings. The third kappa shape index (κ3) is 4.19. The zero-order valence-electron chi connectivity index (χ0n) is 13.1. The fourth-order valence-corrected chi connectivity index (χ4v) is 2.99. The quantitative estimate of drug-likeness (QED) is 0.654. The maximum absolute atomic E-state index is 12.3. The molecule has 2 rings (SSSR count). The number of halogens is 1. The number of nitro groups is 1. The fraction of sp³-hybridized carbons (Fsp3) is 0.533. The lowest BCUT2D eigenvalue weighted by molar-refractivity contribution is -0.385. The first-order valence-electron chi connectivity index (χ1n) is 7.46. The lowest BCUT2D eigenvalue weighted by atomic mass is 10.1. The zero-order chi connectivity index (χ0) is 17.0. The van der Waals surface area contributed by atoms with E-state index in [1.165, 1.54) is 18.2 Å². The summed E-state index contributed by atoms with van der Waals surface area (Å²) in [5.74, 6) is -0.532. The molecule has 0 radical (unpaired) electrons. The van der Waals surface area contributed by atoms with Crippen molar-refractivity contribution in [2.24, 2.45) is 0 Å². The van der Waals surface area contributed by atoms with Gasteiger partial charge >= 0.3 is 0 Å². The normalized spacial score (nSPS) is 20.0. The molecule has 1 aliphatic heterocycles. The highest BCUT2D eigenvalue weighted by Gasteiger charge is 2.26. The zero-order valence-corrected chi connectivity index (χ0v) is 13.9. The molecule has 1 N–H and O–H groups in total. The monoisotopic (exact) mass is 341 g/mol. The Bertz CT molecular complexity index is 596. The lowest BCUT2D eigenvalue weighted by Gasteiger charge is -2.37. The maximum Gasteiger partial charge on any atom is 0.283 e. The molecule has 0 aromatic heterocycles. The minimum atomic E-state index is -0.603. The van der Waals surface area contributed by atoms with E-state index in [9.17, 15) is 14.9 Å². The van der Waals surface area contributed by atoms with Crippen LogP contribution in [0, 0.1) is 10.1 Å². The molecule has 0 aliphatic carbocycles. The van der Waals surface area contributed by atoms with Crippen molar-refractivity contribution < 1.29 is 14.5 Å². The van der Waals surface area contributed by atoms with Gasteiger partial charge in [-0.05, 0) is 19.9 Å². The van der Waals surface area contributed by atoms with Gasteiger partial charge < -0.3 is 10.1 Å². The fourth-order valence-electron chi connectivity index (χ4n) is 2.73. The largest absolute Gasteiger partial charge is 0.379 e. The van der Waals surface area contributed by atoms with Gasteiger partial charge in [-0.15, -0.1) is 0 Å². The Hall–Kier alpha value is -1.70. The molecular formula is C15H20ClN3O4. The van der Waals surface area contributed by atoms with Gasteiger partial charge in [0.05, 0.1) is 23.2 Å². The number of morpholine rings is 1.